The highest BCUT2D eigenvalue weighted by Gasteiger charge is 2.28. The number of pyridine rings is 1. The number of hydrogen-bond acceptors (Lipinski definition) is 3. The van der Waals surface area contributed by atoms with E-state index in [9.17, 15) is 4.79 Å². The van der Waals surface area contributed by atoms with Crippen molar-refractivity contribution in [2.75, 3.05) is 19.0 Å². The third kappa shape index (κ3) is 3.47. The van der Waals surface area contributed by atoms with E-state index in [1.54, 1.807) is 0 Å². The second-order valence-corrected chi connectivity index (χ2v) is 7.14. The summed E-state index contributed by atoms with van der Waals surface area (Å²) >= 11 is 0. The first kappa shape index (κ1) is 16.9. The molecule has 1 aromatic heterocycles. The molecule has 124 valence electrons. The molecule has 0 aliphatic heterocycles. The van der Waals surface area contributed by atoms with Crippen LogP contribution >= 0.6 is 0 Å². The topological polar surface area (TPSA) is 45.3 Å². The van der Waals surface area contributed by atoms with Crippen molar-refractivity contribution >= 4 is 5.69 Å². The van der Waals surface area contributed by atoms with E-state index in [0.717, 1.165) is 36.3 Å². The molecule has 0 saturated heterocycles. The molecule has 1 fully saturated rings. The van der Waals surface area contributed by atoms with Gasteiger partial charge in [0.05, 0.1) is 6.10 Å². The molecule has 0 radical (unpaired) electrons. The van der Waals surface area contributed by atoms with E-state index >= 15 is 0 Å². The van der Waals surface area contributed by atoms with Crippen molar-refractivity contribution in [3.63, 3.8) is 0 Å². The van der Waals surface area contributed by atoms with E-state index in [4.69, 9.17) is 4.74 Å². The smallest absolute Gasteiger partial charge is 0.275 e. The van der Waals surface area contributed by atoms with Gasteiger partial charge >= 0.3 is 0 Å². The molecule has 1 aliphatic rings. The molecule has 0 aromatic carbocycles. The Morgan fingerprint density at radius 2 is 1.77 bits per heavy atom. The third-order valence-corrected chi connectivity index (χ3v) is 4.68. The number of aryl methyl sites for hydroxylation is 1. The van der Waals surface area contributed by atoms with Crippen molar-refractivity contribution in [3.8, 4) is 5.75 Å². The van der Waals surface area contributed by atoms with E-state index in [0.29, 0.717) is 17.5 Å². The number of nitrogens with one attached hydrogen (secondary N) is 1. The molecule has 0 spiro atoms. The van der Waals surface area contributed by atoms with Gasteiger partial charge in [-0.25, -0.2) is 0 Å². The number of H-pyrrole nitrogens is 1. The maximum absolute atomic E-state index is 12.4. The maximum Gasteiger partial charge on any atom is 0.275 e. The Balaban J connectivity index is 2.42. The summed E-state index contributed by atoms with van der Waals surface area (Å²) in [6.45, 7) is 8.66. The van der Waals surface area contributed by atoms with E-state index in [2.05, 4.69) is 25.8 Å². The minimum Gasteiger partial charge on any atom is -0.488 e. The molecule has 1 saturated carbocycles. The first-order chi connectivity index (χ1) is 10.3. The first-order valence-corrected chi connectivity index (χ1v) is 8.43. The summed E-state index contributed by atoms with van der Waals surface area (Å²) in [6.07, 6.45) is 4.49. The zero-order valence-electron chi connectivity index (χ0n) is 14.8. The van der Waals surface area contributed by atoms with Crippen LogP contribution in [0.4, 0.5) is 5.69 Å². The molecule has 0 amide bonds. The van der Waals surface area contributed by atoms with Crippen molar-refractivity contribution < 1.29 is 4.74 Å². The van der Waals surface area contributed by atoms with Gasteiger partial charge in [-0.1, -0.05) is 20.8 Å². The molecule has 2 rings (SSSR count). The van der Waals surface area contributed by atoms with Gasteiger partial charge in [0.1, 0.15) is 5.69 Å². The van der Waals surface area contributed by atoms with Crippen LogP contribution in [-0.2, 0) is 6.42 Å². The van der Waals surface area contributed by atoms with E-state index in [1.165, 1.54) is 6.42 Å². The lowest BCUT2D eigenvalue weighted by atomic mass is 9.82. The van der Waals surface area contributed by atoms with Gasteiger partial charge in [-0.3, -0.25) is 4.79 Å². The lowest BCUT2D eigenvalue weighted by Gasteiger charge is -2.33. The van der Waals surface area contributed by atoms with Crippen molar-refractivity contribution in [3.05, 3.63) is 21.6 Å². The van der Waals surface area contributed by atoms with Gasteiger partial charge in [-0.2, -0.15) is 0 Å². The normalized spacial score (nSPS) is 25.1. The lowest BCUT2D eigenvalue weighted by Crippen LogP contribution is -2.31. The average molecular weight is 306 g/mol. The Bertz CT molecular complexity index is 567. The summed E-state index contributed by atoms with van der Waals surface area (Å²) in [4.78, 5) is 17.2. The zero-order valence-corrected chi connectivity index (χ0v) is 14.8. The van der Waals surface area contributed by atoms with Crippen molar-refractivity contribution in [1.29, 1.82) is 0 Å². The van der Waals surface area contributed by atoms with Gasteiger partial charge in [-0.15, -0.1) is 0 Å². The predicted octanol–water partition coefficient (Wildman–Crippen LogP) is 3.52. The number of rotatable bonds is 4. The number of aromatic amines is 1. The summed E-state index contributed by atoms with van der Waals surface area (Å²) in [5.74, 6) is 2.16. The standard InChI is InChI=1S/C18H30N2O2/c1-7-15-13(4)19-18(21)16(20(5)6)17(15)22-14-9-11(2)8-12(3)10-14/h11-12,14H,7-10H2,1-6H3,(H,19,21)/t11-,12+,14?. The predicted molar refractivity (Wildman–Crippen MR) is 92.1 cm³/mol. The van der Waals surface area contributed by atoms with Crippen LogP contribution in [-0.4, -0.2) is 25.2 Å². The highest BCUT2D eigenvalue weighted by atomic mass is 16.5. The molecule has 1 heterocycles. The summed E-state index contributed by atoms with van der Waals surface area (Å²) < 4.78 is 6.41. The van der Waals surface area contributed by atoms with Gasteiger partial charge in [0, 0.05) is 25.4 Å². The Morgan fingerprint density at radius 3 is 2.27 bits per heavy atom. The minimum atomic E-state index is -0.0633. The number of aromatic nitrogens is 1. The molecular formula is C18H30N2O2. The molecule has 1 N–H and O–H groups in total. The van der Waals surface area contributed by atoms with E-state index < -0.39 is 0 Å². The van der Waals surface area contributed by atoms with Crippen LogP contribution in [0.15, 0.2) is 4.79 Å². The second kappa shape index (κ2) is 6.76. The largest absolute Gasteiger partial charge is 0.488 e. The highest BCUT2D eigenvalue weighted by molar-refractivity contribution is 5.61. The lowest BCUT2D eigenvalue weighted by molar-refractivity contribution is 0.100. The van der Waals surface area contributed by atoms with Gasteiger partial charge in [0.15, 0.2) is 5.75 Å². The molecular weight excluding hydrogens is 276 g/mol. The van der Waals surface area contributed by atoms with Crippen LogP contribution in [0.3, 0.4) is 0 Å². The number of anilines is 1. The van der Waals surface area contributed by atoms with Crippen molar-refractivity contribution in [2.24, 2.45) is 11.8 Å². The third-order valence-electron chi connectivity index (χ3n) is 4.68. The number of ether oxygens (including phenoxy) is 1. The Morgan fingerprint density at radius 1 is 1.18 bits per heavy atom. The monoisotopic (exact) mass is 306 g/mol. The van der Waals surface area contributed by atoms with Gasteiger partial charge < -0.3 is 14.6 Å². The fourth-order valence-electron chi connectivity index (χ4n) is 3.82. The highest BCUT2D eigenvalue weighted by Crippen LogP contribution is 2.36. The van der Waals surface area contributed by atoms with Crippen LogP contribution in [0.5, 0.6) is 5.75 Å². The summed E-state index contributed by atoms with van der Waals surface area (Å²) in [6, 6.07) is 0. The first-order valence-electron chi connectivity index (χ1n) is 8.43. The molecule has 22 heavy (non-hydrogen) atoms. The number of nitrogens with zero attached hydrogens (tertiary/aromatic N) is 1. The summed E-state index contributed by atoms with van der Waals surface area (Å²) in [5.41, 5.74) is 2.62. The molecule has 1 aliphatic carbocycles. The van der Waals surface area contributed by atoms with Crippen LogP contribution in [0.1, 0.15) is 51.3 Å². The molecule has 1 unspecified atom stereocenters. The van der Waals surface area contributed by atoms with Crippen molar-refractivity contribution in [1.82, 2.24) is 4.98 Å². The Hall–Kier alpha value is -1.45. The minimum absolute atomic E-state index is 0.0633. The quantitative estimate of drug-likeness (QED) is 0.926. The van der Waals surface area contributed by atoms with E-state index in [1.807, 2.05) is 25.9 Å². The van der Waals surface area contributed by atoms with Gasteiger partial charge in [0.25, 0.3) is 5.56 Å². The zero-order chi connectivity index (χ0) is 16.4. The Labute approximate surface area is 133 Å². The average Bonchev–Trinajstić information content (AvgIpc) is 2.36. The summed E-state index contributed by atoms with van der Waals surface area (Å²) in [5, 5.41) is 0. The van der Waals surface area contributed by atoms with Crippen LogP contribution < -0.4 is 15.2 Å². The Kier molecular flexibility index (Phi) is 5.20. The van der Waals surface area contributed by atoms with Crippen LogP contribution in [0.25, 0.3) is 0 Å². The SMILES string of the molecule is CCc1c(C)[nH]c(=O)c(N(C)C)c1OC1C[C@@H](C)C[C@@H](C)C1. The van der Waals surface area contributed by atoms with E-state index in [-0.39, 0.29) is 11.7 Å². The fourth-order valence-corrected chi connectivity index (χ4v) is 3.82. The number of hydrogen-bond donors (Lipinski definition) is 1. The summed E-state index contributed by atoms with van der Waals surface area (Å²) in [7, 11) is 3.80. The molecule has 4 nitrogen and oxygen atoms in total. The second-order valence-electron chi connectivity index (χ2n) is 7.14. The molecule has 1 aromatic rings. The van der Waals surface area contributed by atoms with Crippen LogP contribution in [0, 0.1) is 18.8 Å². The molecule has 3 atom stereocenters. The van der Waals surface area contributed by atoms with Crippen LogP contribution in [0.2, 0.25) is 0 Å². The molecule has 0 bridgehead atoms. The maximum atomic E-state index is 12.4. The fraction of sp³-hybridized carbons (Fsp3) is 0.722. The molecule has 4 heteroatoms. The van der Waals surface area contributed by atoms with Gasteiger partial charge in [-0.05, 0) is 44.4 Å². The van der Waals surface area contributed by atoms with Crippen molar-refractivity contribution in [2.45, 2.75) is 59.5 Å². The van der Waals surface area contributed by atoms with Gasteiger partial charge in [0.2, 0.25) is 0 Å².